The van der Waals surface area contributed by atoms with Gasteiger partial charge in [-0.15, -0.1) is 0 Å². The highest BCUT2D eigenvalue weighted by atomic mass is 35.5. The highest BCUT2D eigenvalue weighted by Crippen LogP contribution is 2.31. The Morgan fingerprint density at radius 3 is 2.55 bits per heavy atom. The summed E-state index contributed by atoms with van der Waals surface area (Å²) in [5.41, 5.74) is 0. The number of benzene rings is 2. The van der Waals surface area contributed by atoms with Crippen molar-refractivity contribution in [3.8, 4) is 5.75 Å². The van der Waals surface area contributed by atoms with Gasteiger partial charge >= 0.3 is 0 Å². The molecule has 20 heavy (non-hydrogen) atoms. The van der Waals surface area contributed by atoms with E-state index in [0.29, 0.717) is 6.61 Å². The third kappa shape index (κ3) is 4.10. The second kappa shape index (κ2) is 8.10. The number of nitrogens with one attached hydrogen (secondary N) is 1. The van der Waals surface area contributed by atoms with Gasteiger partial charge in [0.15, 0.2) is 0 Å². The fraction of sp³-hybridized carbons (Fsp3) is 0.375. The van der Waals surface area contributed by atoms with Crippen LogP contribution in [0.3, 0.4) is 0 Å². The van der Waals surface area contributed by atoms with Gasteiger partial charge in [0.2, 0.25) is 0 Å². The normalized spacial score (nSPS) is 10.9. The van der Waals surface area contributed by atoms with Gasteiger partial charge in [-0.1, -0.05) is 35.9 Å². The van der Waals surface area contributed by atoms with Crippen molar-refractivity contribution in [3.63, 3.8) is 0 Å². The maximum atomic E-state index is 6.18. The van der Waals surface area contributed by atoms with Gasteiger partial charge in [0.05, 0.1) is 6.61 Å². The third-order valence-corrected chi connectivity index (χ3v) is 3.32. The molecule has 0 aliphatic rings. The first-order valence-electron chi connectivity index (χ1n) is 6.91. The smallest absolute Gasteiger partial charge is 0.127 e. The van der Waals surface area contributed by atoms with Gasteiger partial charge in [0.25, 0.3) is 0 Å². The van der Waals surface area contributed by atoms with E-state index in [4.69, 9.17) is 21.1 Å². The highest BCUT2D eigenvalue weighted by molar-refractivity contribution is 6.35. The molecule has 0 fully saturated rings. The predicted octanol–water partition coefficient (Wildman–Crippen LogP) is 3.50. The van der Waals surface area contributed by atoms with Crippen LogP contribution in [-0.4, -0.2) is 32.9 Å². The zero-order chi connectivity index (χ0) is 14.2. The minimum atomic E-state index is 0.623. The van der Waals surface area contributed by atoms with Gasteiger partial charge in [-0.25, -0.2) is 0 Å². The van der Waals surface area contributed by atoms with Crippen LogP contribution < -0.4 is 10.1 Å². The molecule has 0 radical (unpaired) electrons. The van der Waals surface area contributed by atoms with E-state index in [1.165, 1.54) is 0 Å². The summed E-state index contributed by atoms with van der Waals surface area (Å²) in [6.07, 6.45) is 0. The fourth-order valence-corrected chi connectivity index (χ4v) is 2.24. The van der Waals surface area contributed by atoms with Crippen molar-refractivity contribution in [1.29, 1.82) is 0 Å². The molecule has 3 nitrogen and oxygen atoms in total. The summed E-state index contributed by atoms with van der Waals surface area (Å²) in [5, 5.41) is 6.10. The van der Waals surface area contributed by atoms with Gasteiger partial charge in [-0.05, 0) is 19.1 Å². The zero-order valence-corrected chi connectivity index (χ0v) is 12.5. The molecule has 0 aliphatic carbocycles. The monoisotopic (exact) mass is 293 g/mol. The molecule has 4 heteroatoms. The molecule has 2 aromatic rings. The summed E-state index contributed by atoms with van der Waals surface area (Å²) in [4.78, 5) is 0. The van der Waals surface area contributed by atoms with Crippen LogP contribution in [-0.2, 0) is 4.74 Å². The van der Waals surface area contributed by atoms with E-state index < -0.39 is 0 Å². The lowest BCUT2D eigenvalue weighted by Gasteiger charge is -2.11. The van der Waals surface area contributed by atoms with E-state index in [2.05, 4.69) is 5.32 Å². The first-order chi connectivity index (χ1) is 9.83. The van der Waals surface area contributed by atoms with Crippen LogP contribution >= 0.6 is 11.6 Å². The molecule has 108 valence electrons. The standard InChI is InChI=1S/C16H20ClNO2/c1-2-19-11-9-18-10-12-20-16-8-7-15(17)13-5-3-4-6-14(13)16/h3-8,18H,2,9-12H2,1H3. The quantitative estimate of drug-likeness (QED) is 0.756. The molecule has 0 spiro atoms. The molecule has 0 aromatic heterocycles. The van der Waals surface area contributed by atoms with E-state index in [9.17, 15) is 0 Å². The Kier molecular flexibility index (Phi) is 6.12. The molecular weight excluding hydrogens is 274 g/mol. The second-order valence-corrected chi connectivity index (χ2v) is 4.79. The van der Waals surface area contributed by atoms with Gasteiger partial charge in [0, 0.05) is 35.5 Å². The van der Waals surface area contributed by atoms with Crippen molar-refractivity contribution in [3.05, 3.63) is 41.4 Å². The third-order valence-electron chi connectivity index (χ3n) is 2.99. The zero-order valence-electron chi connectivity index (χ0n) is 11.7. The summed E-state index contributed by atoms with van der Waals surface area (Å²) >= 11 is 6.18. The number of hydrogen-bond acceptors (Lipinski definition) is 3. The van der Waals surface area contributed by atoms with Crippen LogP contribution in [0.25, 0.3) is 10.8 Å². The van der Waals surface area contributed by atoms with E-state index in [1.807, 2.05) is 43.3 Å². The maximum absolute atomic E-state index is 6.18. The lowest BCUT2D eigenvalue weighted by Crippen LogP contribution is -2.25. The van der Waals surface area contributed by atoms with E-state index in [-0.39, 0.29) is 0 Å². The maximum Gasteiger partial charge on any atom is 0.127 e. The van der Waals surface area contributed by atoms with Crippen LogP contribution in [0.5, 0.6) is 5.75 Å². The lowest BCUT2D eigenvalue weighted by molar-refractivity contribution is 0.148. The number of hydrogen-bond donors (Lipinski definition) is 1. The van der Waals surface area contributed by atoms with Crippen LogP contribution in [0.4, 0.5) is 0 Å². The van der Waals surface area contributed by atoms with Crippen molar-refractivity contribution < 1.29 is 9.47 Å². The molecule has 0 saturated carbocycles. The van der Waals surface area contributed by atoms with Crippen LogP contribution in [0, 0.1) is 0 Å². The van der Waals surface area contributed by atoms with E-state index in [1.54, 1.807) is 0 Å². The molecule has 0 bridgehead atoms. The molecule has 1 N–H and O–H groups in total. The summed E-state index contributed by atoms with van der Waals surface area (Å²) in [6.45, 7) is 5.75. The number of fused-ring (bicyclic) bond motifs is 1. The summed E-state index contributed by atoms with van der Waals surface area (Å²) in [5.74, 6) is 0.872. The van der Waals surface area contributed by atoms with Gasteiger partial charge in [0.1, 0.15) is 12.4 Å². The van der Waals surface area contributed by atoms with Crippen molar-refractivity contribution >= 4 is 22.4 Å². The molecule has 0 atom stereocenters. The fourth-order valence-electron chi connectivity index (χ4n) is 2.01. The molecule has 0 heterocycles. The Balaban J connectivity index is 1.86. The minimum absolute atomic E-state index is 0.623. The Labute approximate surface area is 124 Å². The summed E-state index contributed by atoms with van der Waals surface area (Å²) in [6, 6.07) is 11.8. The topological polar surface area (TPSA) is 30.5 Å². The molecule has 0 unspecified atom stereocenters. The Bertz CT molecular complexity index is 545. The van der Waals surface area contributed by atoms with Crippen molar-refractivity contribution in [2.45, 2.75) is 6.92 Å². The average molecular weight is 294 g/mol. The average Bonchev–Trinajstić information content (AvgIpc) is 2.49. The van der Waals surface area contributed by atoms with E-state index in [0.717, 1.165) is 47.8 Å². The first kappa shape index (κ1) is 15.1. The largest absolute Gasteiger partial charge is 0.492 e. The summed E-state index contributed by atoms with van der Waals surface area (Å²) < 4.78 is 11.1. The van der Waals surface area contributed by atoms with Crippen molar-refractivity contribution in [2.75, 3.05) is 32.9 Å². The van der Waals surface area contributed by atoms with Gasteiger partial charge in [-0.3, -0.25) is 0 Å². The molecule has 0 saturated heterocycles. The van der Waals surface area contributed by atoms with Crippen LogP contribution in [0.15, 0.2) is 36.4 Å². The number of halogens is 1. The van der Waals surface area contributed by atoms with Gasteiger partial charge < -0.3 is 14.8 Å². The molecular formula is C16H20ClNO2. The minimum Gasteiger partial charge on any atom is -0.492 e. The Morgan fingerprint density at radius 1 is 1.00 bits per heavy atom. The molecule has 2 rings (SSSR count). The second-order valence-electron chi connectivity index (χ2n) is 4.39. The molecule has 0 amide bonds. The molecule has 0 aliphatic heterocycles. The predicted molar refractivity (Wildman–Crippen MR) is 83.8 cm³/mol. The Morgan fingerprint density at radius 2 is 1.75 bits per heavy atom. The van der Waals surface area contributed by atoms with Crippen LogP contribution in [0.2, 0.25) is 5.02 Å². The Hall–Kier alpha value is -1.29. The highest BCUT2D eigenvalue weighted by Gasteiger charge is 2.04. The number of ether oxygens (including phenoxy) is 2. The SMILES string of the molecule is CCOCCNCCOc1ccc(Cl)c2ccccc12. The van der Waals surface area contributed by atoms with Crippen molar-refractivity contribution in [2.24, 2.45) is 0 Å². The van der Waals surface area contributed by atoms with Crippen molar-refractivity contribution in [1.82, 2.24) is 5.32 Å². The first-order valence-corrected chi connectivity index (χ1v) is 7.29. The van der Waals surface area contributed by atoms with E-state index >= 15 is 0 Å². The number of rotatable bonds is 8. The summed E-state index contributed by atoms with van der Waals surface area (Å²) in [7, 11) is 0. The van der Waals surface area contributed by atoms with Gasteiger partial charge in [-0.2, -0.15) is 0 Å². The molecule has 2 aromatic carbocycles. The lowest BCUT2D eigenvalue weighted by atomic mass is 10.1. The van der Waals surface area contributed by atoms with Crippen LogP contribution in [0.1, 0.15) is 6.92 Å².